The molecule has 0 spiro atoms. The van der Waals surface area contributed by atoms with Gasteiger partial charge in [0.2, 0.25) is 15.9 Å². The van der Waals surface area contributed by atoms with Gasteiger partial charge in [-0.2, -0.15) is 4.31 Å². The fourth-order valence-electron chi connectivity index (χ4n) is 2.88. The maximum absolute atomic E-state index is 13.1. The van der Waals surface area contributed by atoms with Crippen molar-refractivity contribution in [3.63, 3.8) is 0 Å². The zero-order valence-electron chi connectivity index (χ0n) is 13.1. The number of rotatable bonds is 3. The number of amides is 1. The van der Waals surface area contributed by atoms with Crippen LogP contribution in [0.1, 0.15) is 11.1 Å². The lowest BCUT2D eigenvalue weighted by Gasteiger charge is -2.34. The number of carbonyl (C=O) groups excluding carboxylic acids is 1. The van der Waals surface area contributed by atoms with Crippen molar-refractivity contribution >= 4 is 31.9 Å². The first-order chi connectivity index (χ1) is 11.4. The minimum atomic E-state index is -3.77. The molecule has 0 bridgehead atoms. The maximum atomic E-state index is 13.1. The maximum Gasteiger partial charge on any atom is 0.244 e. The fraction of sp³-hybridized carbons (Fsp3) is 0.235. The summed E-state index contributed by atoms with van der Waals surface area (Å²) in [6.07, 6.45) is 0.367. The first-order valence-corrected chi connectivity index (χ1v) is 9.72. The van der Waals surface area contributed by atoms with Crippen LogP contribution in [0, 0.1) is 0 Å². The van der Waals surface area contributed by atoms with Gasteiger partial charge in [-0.15, -0.1) is 0 Å². The molecule has 0 radical (unpaired) electrons. The highest BCUT2D eigenvalue weighted by molar-refractivity contribution is 9.10. The van der Waals surface area contributed by atoms with E-state index < -0.39 is 16.1 Å². The monoisotopic (exact) mass is 408 g/mol. The van der Waals surface area contributed by atoms with E-state index in [1.807, 2.05) is 24.3 Å². The van der Waals surface area contributed by atoms with E-state index in [1.54, 1.807) is 24.3 Å². The minimum absolute atomic E-state index is 0.180. The third kappa shape index (κ3) is 3.11. The zero-order valence-corrected chi connectivity index (χ0v) is 15.5. The van der Waals surface area contributed by atoms with Gasteiger partial charge in [0.05, 0.1) is 4.90 Å². The predicted molar refractivity (Wildman–Crippen MR) is 94.9 cm³/mol. The highest BCUT2D eigenvalue weighted by atomic mass is 79.9. The van der Waals surface area contributed by atoms with Crippen molar-refractivity contribution < 1.29 is 13.2 Å². The summed E-state index contributed by atoms with van der Waals surface area (Å²) in [4.78, 5) is 12.5. The Balaban J connectivity index is 2.05. The van der Waals surface area contributed by atoms with Crippen LogP contribution in [-0.2, 0) is 27.8 Å². The Kier molecular flexibility index (Phi) is 4.76. The Morgan fingerprint density at radius 3 is 2.38 bits per heavy atom. The van der Waals surface area contributed by atoms with Crippen LogP contribution in [0.15, 0.2) is 57.9 Å². The van der Waals surface area contributed by atoms with E-state index in [4.69, 9.17) is 0 Å². The molecule has 126 valence electrons. The number of likely N-dealkylation sites (N-methyl/N-ethyl adjacent to an activating group) is 1. The number of hydrogen-bond donors (Lipinski definition) is 1. The molecule has 1 unspecified atom stereocenters. The standard InChI is InChI=1S/C17H17BrN2O3S/c1-19-17(21)16-10-12-4-2-3-5-13(12)11-20(16)24(22,23)15-8-6-14(18)7-9-15/h2-9,16H,10-11H2,1H3,(H,19,21). The summed E-state index contributed by atoms with van der Waals surface area (Å²) < 4.78 is 28.2. The van der Waals surface area contributed by atoms with Crippen molar-refractivity contribution in [2.45, 2.75) is 23.9 Å². The molecule has 1 amide bonds. The lowest BCUT2D eigenvalue weighted by molar-refractivity contribution is -0.124. The number of hydrogen-bond acceptors (Lipinski definition) is 3. The van der Waals surface area contributed by atoms with E-state index in [1.165, 1.54) is 11.4 Å². The van der Waals surface area contributed by atoms with E-state index in [0.29, 0.717) is 6.42 Å². The Hall–Kier alpha value is -1.70. The number of halogens is 1. The molecule has 0 saturated carbocycles. The van der Waals surface area contributed by atoms with Gasteiger partial charge in [-0.25, -0.2) is 8.42 Å². The quantitative estimate of drug-likeness (QED) is 0.846. The average molecular weight is 409 g/mol. The lowest BCUT2D eigenvalue weighted by Crippen LogP contribution is -2.51. The van der Waals surface area contributed by atoms with Crippen molar-refractivity contribution in [1.82, 2.24) is 9.62 Å². The third-order valence-corrected chi connectivity index (χ3v) is 6.57. The summed E-state index contributed by atoms with van der Waals surface area (Å²) in [5.41, 5.74) is 1.94. The van der Waals surface area contributed by atoms with E-state index in [2.05, 4.69) is 21.2 Å². The van der Waals surface area contributed by atoms with Gasteiger partial charge in [-0.3, -0.25) is 4.79 Å². The number of nitrogens with one attached hydrogen (secondary N) is 1. The summed E-state index contributed by atoms with van der Waals surface area (Å²) in [7, 11) is -2.25. The van der Waals surface area contributed by atoms with Gasteiger partial charge < -0.3 is 5.32 Å². The molecular formula is C17H17BrN2O3S. The molecule has 7 heteroatoms. The first kappa shape index (κ1) is 17.1. The van der Waals surface area contributed by atoms with Crippen LogP contribution in [-0.4, -0.2) is 31.7 Å². The Labute approximate surface area is 149 Å². The second-order valence-electron chi connectivity index (χ2n) is 5.61. The number of benzene rings is 2. The largest absolute Gasteiger partial charge is 0.358 e. The van der Waals surface area contributed by atoms with Gasteiger partial charge >= 0.3 is 0 Å². The van der Waals surface area contributed by atoms with Crippen molar-refractivity contribution in [1.29, 1.82) is 0 Å². The molecule has 0 saturated heterocycles. The van der Waals surface area contributed by atoms with Crippen LogP contribution in [0.4, 0.5) is 0 Å². The molecule has 5 nitrogen and oxygen atoms in total. The Bertz CT molecular complexity index is 866. The normalized spacial score (nSPS) is 18.0. The smallest absolute Gasteiger partial charge is 0.244 e. The highest BCUT2D eigenvalue weighted by Gasteiger charge is 2.39. The molecule has 1 N–H and O–H groups in total. The second-order valence-corrected chi connectivity index (χ2v) is 8.41. The molecule has 24 heavy (non-hydrogen) atoms. The summed E-state index contributed by atoms with van der Waals surface area (Å²) in [5.74, 6) is -0.301. The van der Waals surface area contributed by atoms with E-state index in [-0.39, 0.29) is 17.3 Å². The summed E-state index contributed by atoms with van der Waals surface area (Å²) in [5, 5.41) is 2.58. The summed E-state index contributed by atoms with van der Waals surface area (Å²) in [6.45, 7) is 0.187. The highest BCUT2D eigenvalue weighted by Crippen LogP contribution is 2.29. The molecule has 1 heterocycles. The molecule has 0 aromatic heterocycles. The molecule has 1 aliphatic heterocycles. The molecule has 0 fully saturated rings. The van der Waals surface area contributed by atoms with Gasteiger partial charge in [-0.1, -0.05) is 40.2 Å². The van der Waals surface area contributed by atoms with E-state index >= 15 is 0 Å². The van der Waals surface area contributed by atoms with Crippen molar-refractivity contribution in [3.8, 4) is 0 Å². The molecule has 0 aliphatic carbocycles. The molecular weight excluding hydrogens is 392 g/mol. The number of nitrogens with zero attached hydrogens (tertiary/aromatic N) is 1. The van der Waals surface area contributed by atoms with Gasteiger partial charge in [0.15, 0.2) is 0 Å². The van der Waals surface area contributed by atoms with Crippen molar-refractivity contribution in [2.75, 3.05) is 7.05 Å². The second kappa shape index (κ2) is 6.66. The van der Waals surface area contributed by atoms with Crippen molar-refractivity contribution in [3.05, 3.63) is 64.1 Å². The van der Waals surface area contributed by atoms with Crippen LogP contribution in [0.5, 0.6) is 0 Å². The van der Waals surface area contributed by atoms with Crippen LogP contribution in [0.3, 0.4) is 0 Å². The van der Waals surface area contributed by atoms with Gasteiger partial charge in [0.1, 0.15) is 6.04 Å². The molecule has 3 rings (SSSR count). The van der Waals surface area contributed by atoms with Crippen LogP contribution < -0.4 is 5.32 Å². The Morgan fingerprint density at radius 2 is 1.75 bits per heavy atom. The SMILES string of the molecule is CNC(=O)C1Cc2ccccc2CN1S(=O)(=O)c1ccc(Br)cc1. The molecule has 1 atom stereocenters. The number of carbonyl (C=O) groups is 1. The predicted octanol–water partition coefficient (Wildman–Crippen LogP) is 2.31. The molecule has 2 aromatic carbocycles. The molecule has 2 aromatic rings. The van der Waals surface area contributed by atoms with Crippen LogP contribution in [0.2, 0.25) is 0 Å². The van der Waals surface area contributed by atoms with E-state index in [0.717, 1.165) is 15.6 Å². The zero-order chi connectivity index (χ0) is 17.3. The average Bonchev–Trinajstić information content (AvgIpc) is 2.60. The fourth-order valence-corrected chi connectivity index (χ4v) is 4.71. The summed E-state index contributed by atoms with van der Waals surface area (Å²) in [6, 6.07) is 13.3. The van der Waals surface area contributed by atoms with E-state index in [9.17, 15) is 13.2 Å². The number of sulfonamides is 1. The van der Waals surface area contributed by atoms with Crippen LogP contribution >= 0.6 is 15.9 Å². The van der Waals surface area contributed by atoms with Gasteiger partial charge in [-0.05, 0) is 41.8 Å². The number of fused-ring (bicyclic) bond motifs is 1. The van der Waals surface area contributed by atoms with Gasteiger partial charge in [0.25, 0.3) is 0 Å². The first-order valence-electron chi connectivity index (χ1n) is 7.49. The van der Waals surface area contributed by atoms with Crippen LogP contribution in [0.25, 0.3) is 0 Å². The molecule has 1 aliphatic rings. The topological polar surface area (TPSA) is 66.5 Å². The lowest BCUT2D eigenvalue weighted by atomic mass is 9.95. The van der Waals surface area contributed by atoms with Crippen molar-refractivity contribution in [2.24, 2.45) is 0 Å². The Morgan fingerprint density at radius 1 is 1.12 bits per heavy atom. The third-order valence-electron chi connectivity index (χ3n) is 4.17. The minimum Gasteiger partial charge on any atom is -0.358 e. The summed E-state index contributed by atoms with van der Waals surface area (Å²) >= 11 is 3.30. The van der Waals surface area contributed by atoms with Gasteiger partial charge in [0, 0.05) is 18.1 Å².